The fraction of sp³-hybridized carbons (Fsp3) is 0.125. The molecule has 2 aromatic carbocycles. The third kappa shape index (κ3) is 3.41. The minimum absolute atomic E-state index is 0.318. The standard InChI is InChI=1S/C16H15FN4O/c17-13-8-6-12(7-9-13)14-19-15(21-16(22)20-14)18-10-11-4-2-1-3-5-11/h1-9,14H,10H2,(H3,18,19,20,21,22). The van der Waals surface area contributed by atoms with E-state index in [-0.39, 0.29) is 11.8 Å². The first-order valence-corrected chi connectivity index (χ1v) is 6.88. The number of benzene rings is 2. The number of guanidine groups is 1. The molecule has 1 aliphatic rings. The second-order valence-electron chi connectivity index (χ2n) is 4.88. The summed E-state index contributed by atoms with van der Waals surface area (Å²) in [6.07, 6.45) is -0.441. The van der Waals surface area contributed by atoms with Gasteiger partial charge in [-0.05, 0) is 23.3 Å². The van der Waals surface area contributed by atoms with Crippen LogP contribution in [0.1, 0.15) is 17.3 Å². The van der Waals surface area contributed by atoms with Crippen molar-refractivity contribution in [3.8, 4) is 0 Å². The summed E-state index contributed by atoms with van der Waals surface area (Å²) in [7, 11) is 0. The summed E-state index contributed by atoms with van der Waals surface area (Å²) in [4.78, 5) is 16.1. The van der Waals surface area contributed by atoms with Crippen LogP contribution in [0.5, 0.6) is 0 Å². The van der Waals surface area contributed by atoms with E-state index in [0.29, 0.717) is 12.5 Å². The minimum atomic E-state index is -0.441. The largest absolute Gasteiger partial charge is 0.332 e. The first kappa shape index (κ1) is 14.1. The molecule has 6 heteroatoms. The molecule has 1 heterocycles. The van der Waals surface area contributed by atoms with E-state index in [1.165, 1.54) is 12.1 Å². The molecule has 5 nitrogen and oxygen atoms in total. The number of amides is 2. The smallest absolute Gasteiger partial charge is 0.323 e. The normalized spacial score (nSPS) is 19.2. The number of urea groups is 1. The highest BCUT2D eigenvalue weighted by Crippen LogP contribution is 2.13. The molecule has 2 amide bonds. The predicted octanol–water partition coefficient (Wildman–Crippen LogP) is 2.28. The van der Waals surface area contributed by atoms with Gasteiger partial charge in [-0.3, -0.25) is 5.32 Å². The van der Waals surface area contributed by atoms with Gasteiger partial charge in [0.15, 0.2) is 0 Å². The monoisotopic (exact) mass is 298 g/mol. The average molecular weight is 298 g/mol. The van der Waals surface area contributed by atoms with Gasteiger partial charge in [0.1, 0.15) is 12.0 Å². The Morgan fingerprint density at radius 3 is 2.45 bits per heavy atom. The Kier molecular flexibility index (Phi) is 4.00. The summed E-state index contributed by atoms with van der Waals surface area (Å²) in [6.45, 7) is 0.458. The summed E-state index contributed by atoms with van der Waals surface area (Å²) in [5.74, 6) is 0.0731. The zero-order valence-electron chi connectivity index (χ0n) is 11.7. The van der Waals surface area contributed by atoms with Gasteiger partial charge in [-0.1, -0.05) is 42.5 Å². The Hall–Kier alpha value is -2.89. The maximum Gasteiger partial charge on any atom is 0.323 e. The van der Waals surface area contributed by atoms with Gasteiger partial charge in [-0.15, -0.1) is 0 Å². The summed E-state index contributed by atoms with van der Waals surface area (Å²) in [6, 6.07) is 15.3. The third-order valence-corrected chi connectivity index (χ3v) is 3.25. The van der Waals surface area contributed by atoms with E-state index in [1.54, 1.807) is 12.1 Å². The number of rotatable bonds is 3. The zero-order valence-corrected chi connectivity index (χ0v) is 11.7. The summed E-state index contributed by atoms with van der Waals surface area (Å²) < 4.78 is 13.0. The topological polar surface area (TPSA) is 65.5 Å². The highest BCUT2D eigenvalue weighted by atomic mass is 19.1. The average Bonchev–Trinajstić information content (AvgIpc) is 2.54. The van der Waals surface area contributed by atoms with Crippen LogP contribution in [-0.4, -0.2) is 12.0 Å². The first-order chi connectivity index (χ1) is 10.7. The lowest BCUT2D eigenvalue weighted by molar-refractivity contribution is 0.236. The Bertz CT molecular complexity index is 685. The number of carbonyl (C=O) groups excluding carboxylic acids is 1. The van der Waals surface area contributed by atoms with Gasteiger partial charge in [0.25, 0.3) is 0 Å². The highest BCUT2D eigenvalue weighted by Gasteiger charge is 2.22. The quantitative estimate of drug-likeness (QED) is 0.814. The molecular formula is C16H15FN4O. The van der Waals surface area contributed by atoms with Gasteiger partial charge in [0.05, 0.1) is 6.54 Å². The van der Waals surface area contributed by atoms with E-state index in [2.05, 4.69) is 20.9 Å². The number of hydrogen-bond donors (Lipinski definition) is 3. The van der Waals surface area contributed by atoms with E-state index >= 15 is 0 Å². The molecule has 3 N–H and O–H groups in total. The molecule has 2 aromatic rings. The van der Waals surface area contributed by atoms with Gasteiger partial charge >= 0.3 is 6.03 Å². The lowest BCUT2D eigenvalue weighted by atomic mass is 10.1. The van der Waals surface area contributed by atoms with Crippen LogP contribution >= 0.6 is 0 Å². The fourth-order valence-electron chi connectivity index (χ4n) is 2.14. The molecule has 3 rings (SSSR count). The molecule has 1 unspecified atom stereocenters. The number of hydrogen-bond acceptors (Lipinski definition) is 2. The van der Waals surface area contributed by atoms with Crippen molar-refractivity contribution >= 4 is 12.0 Å². The second-order valence-corrected chi connectivity index (χ2v) is 4.88. The van der Waals surface area contributed by atoms with Crippen molar-refractivity contribution in [3.05, 3.63) is 71.5 Å². The minimum Gasteiger partial charge on any atom is -0.332 e. The Morgan fingerprint density at radius 2 is 1.73 bits per heavy atom. The van der Waals surface area contributed by atoms with E-state index in [4.69, 9.17) is 0 Å². The van der Waals surface area contributed by atoms with Crippen molar-refractivity contribution in [1.82, 2.24) is 16.0 Å². The van der Waals surface area contributed by atoms with Crippen LogP contribution in [0.25, 0.3) is 0 Å². The van der Waals surface area contributed by atoms with Crippen LogP contribution in [0.2, 0.25) is 0 Å². The molecule has 0 spiro atoms. The van der Waals surface area contributed by atoms with Crippen molar-refractivity contribution < 1.29 is 9.18 Å². The van der Waals surface area contributed by atoms with Crippen LogP contribution in [-0.2, 0) is 6.54 Å². The summed E-state index contributed by atoms with van der Waals surface area (Å²) in [5, 5.41) is 8.40. The van der Waals surface area contributed by atoms with Crippen molar-refractivity contribution in [1.29, 1.82) is 0 Å². The molecule has 112 valence electrons. The Morgan fingerprint density at radius 1 is 1.00 bits per heavy atom. The van der Waals surface area contributed by atoms with Gasteiger partial charge in [-0.2, -0.15) is 0 Å². The first-order valence-electron chi connectivity index (χ1n) is 6.88. The molecule has 1 saturated heterocycles. The molecule has 0 bridgehead atoms. The molecule has 0 radical (unpaired) electrons. The van der Waals surface area contributed by atoms with Crippen molar-refractivity contribution in [3.63, 3.8) is 0 Å². The van der Waals surface area contributed by atoms with Crippen molar-refractivity contribution in [2.75, 3.05) is 0 Å². The molecule has 0 aromatic heterocycles. The lowest BCUT2D eigenvalue weighted by Crippen LogP contribution is -2.57. The van der Waals surface area contributed by atoms with Gasteiger partial charge < -0.3 is 10.6 Å². The number of nitrogens with one attached hydrogen (secondary N) is 3. The van der Waals surface area contributed by atoms with E-state index in [9.17, 15) is 9.18 Å². The Balaban J connectivity index is 1.73. The van der Waals surface area contributed by atoms with Crippen LogP contribution in [0, 0.1) is 5.82 Å². The van der Waals surface area contributed by atoms with Crippen LogP contribution in [0.15, 0.2) is 59.6 Å². The summed E-state index contributed by atoms with van der Waals surface area (Å²) in [5.41, 5.74) is 1.80. The van der Waals surface area contributed by atoms with Crippen LogP contribution in [0.3, 0.4) is 0 Å². The van der Waals surface area contributed by atoms with Crippen molar-refractivity contribution in [2.45, 2.75) is 12.7 Å². The molecule has 1 fully saturated rings. The molecule has 22 heavy (non-hydrogen) atoms. The van der Waals surface area contributed by atoms with Gasteiger partial charge in [0.2, 0.25) is 5.96 Å². The fourth-order valence-corrected chi connectivity index (χ4v) is 2.14. The second kappa shape index (κ2) is 6.26. The molecular weight excluding hydrogens is 283 g/mol. The number of halogens is 1. The molecule has 0 saturated carbocycles. The highest BCUT2D eigenvalue weighted by molar-refractivity contribution is 5.98. The predicted molar refractivity (Wildman–Crippen MR) is 81.5 cm³/mol. The van der Waals surface area contributed by atoms with Gasteiger partial charge in [-0.25, -0.2) is 14.2 Å². The lowest BCUT2D eigenvalue weighted by Gasteiger charge is -2.28. The molecule has 0 aliphatic carbocycles. The SMILES string of the molecule is O=C1NC(=NCc2ccccc2)NC(c2ccc(F)cc2)N1. The maximum atomic E-state index is 13.0. The number of carbonyl (C=O) groups is 1. The van der Waals surface area contributed by atoms with E-state index in [1.807, 2.05) is 30.3 Å². The van der Waals surface area contributed by atoms with Gasteiger partial charge in [0, 0.05) is 0 Å². The molecule has 1 atom stereocenters. The maximum absolute atomic E-state index is 13.0. The van der Waals surface area contributed by atoms with E-state index < -0.39 is 6.17 Å². The van der Waals surface area contributed by atoms with Crippen LogP contribution in [0.4, 0.5) is 9.18 Å². The number of nitrogens with zero attached hydrogens (tertiary/aromatic N) is 1. The Labute approximate surface area is 127 Å². The summed E-state index contributed by atoms with van der Waals surface area (Å²) >= 11 is 0. The number of aliphatic imine (C=N–C) groups is 1. The zero-order chi connectivity index (χ0) is 15.4. The van der Waals surface area contributed by atoms with Crippen LogP contribution < -0.4 is 16.0 Å². The van der Waals surface area contributed by atoms with Crippen molar-refractivity contribution in [2.24, 2.45) is 4.99 Å². The van der Waals surface area contributed by atoms with E-state index in [0.717, 1.165) is 11.1 Å². The third-order valence-electron chi connectivity index (χ3n) is 3.25. The molecule has 1 aliphatic heterocycles.